The van der Waals surface area contributed by atoms with Crippen molar-refractivity contribution in [2.45, 2.75) is 25.4 Å². The largest absolute Gasteiger partial charge is 0.479 e. The van der Waals surface area contributed by atoms with Crippen molar-refractivity contribution in [2.24, 2.45) is 0 Å². The van der Waals surface area contributed by atoms with Gasteiger partial charge in [-0.05, 0) is 19.8 Å². The molecule has 0 atom stereocenters. The van der Waals surface area contributed by atoms with Gasteiger partial charge in [-0.1, -0.05) is 0 Å². The maximum Gasteiger partial charge on any atom is 0.335 e. The number of aliphatic carboxylic acids is 1. The van der Waals surface area contributed by atoms with E-state index in [9.17, 15) is 9.90 Å². The second-order valence-electron chi connectivity index (χ2n) is 3.88. The maximum atomic E-state index is 10.7. The lowest BCUT2D eigenvalue weighted by Crippen LogP contribution is -2.49. The zero-order valence-electron chi connectivity index (χ0n) is 9.11. The van der Waals surface area contributed by atoms with Crippen LogP contribution in [0.25, 0.3) is 0 Å². The van der Waals surface area contributed by atoms with Crippen molar-refractivity contribution in [3.63, 3.8) is 0 Å². The number of ether oxygens (including phenoxy) is 1. The lowest BCUT2D eigenvalue weighted by atomic mass is 9.92. The maximum absolute atomic E-state index is 10.7. The molecular formula is C10H19NO4. The Bertz CT molecular complexity index is 211. The molecule has 15 heavy (non-hydrogen) atoms. The SMILES string of the molecule is CCOCCN1CCC(O)(C(=O)O)CC1. The van der Waals surface area contributed by atoms with Crippen LogP contribution < -0.4 is 0 Å². The molecule has 0 bridgehead atoms. The molecule has 0 aliphatic carbocycles. The summed E-state index contributed by atoms with van der Waals surface area (Å²) >= 11 is 0. The van der Waals surface area contributed by atoms with Crippen LogP contribution in [-0.4, -0.2) is 59.5 Å². The van der Waals surface area contributed by atoms with Gasteiger partial charge in [-0.25, -0.2) is 4.79 Å². The molecule has 0 unspecified atom stereocenters. The van der Waals surface area contributed by atoms with Gasteiger partial charge in [0.1, 0.15) is 0 Å². The minimum atomic E-state index is -1.51. The van der Waals surface area contributed by atoms with E-state index in [0.29, 0.717) is 39.1 Å². The summed E-state index contributed by atoms with van der Waals surface area (Å²) in [5.74, 6) is -1.10. The van der Waals surface area contributed by atoms with Crippen molar-refractivity contribution < 1.29 is 19.7 Å². The molecule has 1 saturated heterocycles. The van der Waals surface area contributed by atoms with Crippen LogP contribution in [-0.2, 0) is 9.53 Å². The summed E-state index contributed by atoms with van der Waals surface area (Å²) in [4.78, 5) is 12.9. The molecule has 1 aliphatic rings. The lowest BCUT2D eigenvalue weighted by molar-refractivity contribution is -0.163. The molecule has 88 valence electrons. The summed E-state index contributed by atoms with van der Waals surface area (Å²) < 4.78 is 5.22. The first-order chi connectivity index (χ1) is 7.08. The van der Waals surface area contributed by atoms with E-state index in [4.69, 9.17) is 9.84 Å². The molecule has 0 radical (unpaired) electrons. The summed E-state index contributed by atoms with van der Waals surface area (Å²) in [6.07, 6.45) is 0.600. The van der Waals surface area contributed by atoms with Gasteiger partial charge in [-0.3, -0.25) is 0 Å². The smallest absolute Gasteiger partial charge is 0.335 e. The summed E-state index contributed by atoms with van der Waals surface area (Å²) in [5.41, 5.74) is -1.51. The third-order valence-electron chi connectivity index (χ3n) is 2.84. The number of hydrogen-bond donors (Lipinski definition) is 2. The van der Waals surface area contributed by atoms with Gasteiger partial charge in [-0.2, -0.15) is 0 Å². The average molecular weight is 217 g/mol. The summed E-state index contributed by atoms with van der Waals surface area (Å²) in [5, 5.41) is 18.5. The van der Waals surface area contributed by atoms with E-state index in [1.807, 2.05) is 6.92 Å². The van der Waals surface area contributed by atoms with Gasteiger partial charge < -0.3 is 19.8 Å². The third-order valence-corrected chi connectivity index (χ3v) is 2.84. The predicted octanol–water partition coefficient (Wildman–Crippen LogP) is -0.0656. The van der Waals surface area contributed by atoms with Crippen LogP contribution in [0, 0.1) is 0 Å². The van der Waals surface area contributed by atoms with Gasteiger partial charge in [0.2, 0.25) is 0 Å². The number of nitrogens with zero attached hydrogens (tertiary/aromatic N) is 1. The van der Waals surface area contributed by atoms with Crippen LogP contribution in [0.3, 0.4) is 0 Å². The van der Waals surface area contributed by atoms with E-state index >= 15 is 0 Å². The zero-order valence-corrected chi connectivity index (χ0v) is 9.11. The first-order valence-corrected chi connectivity index (χ1v) is 5.34. The van der Waals surface area contributed by atoms with Crippen LogP contribution in [0.1, 0.15) is 19.8 Å². The van der Waals surface area contributed by atoms with E-state index in [2.05, 4.69) is 4.90 Å². The molecular weight excluding hydrogens is 198 g/mol. The first kappa shape index (κ1) is 12.4. The fourth-order valence-corrected chi connectivity index (χ4v) is 1.70. The van der Waals surface area contributed by atoms with Crippen LogP contribution in [0.2, 0.25) is 0 Å². The Morgan fingerprint density at radius 3 is 2.53 bits per heavy atom. The normalized spacial score (nSPS) is 21.5. The number of piperidine rings is 1. The van der Waals surface area contributed by atoms with Crippen molar-refractivity contribution in [1.82, 2.24) is 4.90 Å². The van der Waals surface area contributed by atoms with Crippen LogP contribution >= 0.6 is 0 Å². The second kappa shape index (κ2) is 5.44. The number of likely N-dealkylation sites (tertiary alicyclic amines) is 1. The van der Waals surface area contributed by atoms with Gasteiger partial charge in [0.15, 0.2) is 5.60 Å². The summed E-state index contributed by atoms with van der Waals surface area (Å²) in [7, 11) is 0. The first-order valence-electron chi connectivity index (χ1n) is 5.34. The highest BCUT2D eigenvalue weighted by atomic mass is 16.5. The Morgan fingerprint density at radius 2 is 2.07 bits per heavy atom. The predicted molar refractivity (Wildman–Crippen MR) is 54.8 cm³/mol. The van der Waals surface area contributed by atoms with Crippen molar-refractivity contribution >= 4 is 5.97 Å². The number of carboxylic acid groups (broad SMARTS) is 1. The molecule has 0 amide bonds. The Labute approximate surface area is 89.6 Å². The highest BCUT2D eigenvalue weighted by molar-refractivity contribution is 5.77. The van der Waals surface area contributed by atoms with Gasteiger partial charge in [-0.15, -0.1) is 0 Å². The molecule has 0 aromatic rings. The monoisotopic (exact) mass is 217 g/mol. The molecule has 2 N–H and O–H groups in total. The van der Waals surface area contributed by atoms with Crippen molar-refractivity contribution in [1.29, 1.82) is 0 Å². The average Bonchev–Trinajstić information content (AvgIpc) is 2.21. The number of hydrogen-bond acceptors (Lipinski definition) is 4. The van der Waals surface area contributed by atoms with E-state index in [-0.39, 0.29) is 0 Å². The van der Waals surface area contributed by atoms with E-state index < -0.39 is 11.6 Å². The van der Waals surface area contributed by atoms with E-state index in [1.165, 1.54) is 0 Å². The molecule has 5 nitrogen and oxygen atoms in total. The van der Waals surface area contributed by atoms with Crippen molar-refractivity contribution in [3.8, 4) is 0 Å². The molecule has 1 aliphatic heterocycles. The molecule has 1 rings (SSSR count). The Kier molecular flexibility index (Phi) is 4.50. The van der Waals surface area contributed by atoms with Crippen LogP contribution in [0.5, 0.6) is 0 Å². The molecule has 1 heterocycles. The molecule has 5 heteroatoms. The number of rotatable bonds is 5. The van der Waals surface area contributed by atoms with Gasteiger partial charge >= 0.3 is 5.97 Å². The van der Waals surface area contributed by atoms with Crippen molar-refractivity contribution in [3.05, 3.63) is 0 Å². The quantitative estimate of drug-likeness (QED) is 0.631. The van der Waals surface area contributed by atoms with E-state index in [1.54, 1.807) is 0 Å². The number of carboxylic acids is 1. The van der Waals surface area contributed by atoms with Gasteiger partial charge in [0, 0.05) is 26.2 Å². The molecule has 0 aromatic heterocycles. The van der Waals surface area contributed by atoms with Crippen LogP contribution in [0.15, 0.2) is 0 Å². The molecule has 0 saturated carbocycles. The molecule has 0 spiro atoms. The minimum absolute atomic E-state index is 0.300. The van der Waals surface area contributed by atoms with Gasteiger partial charge in [0.05, 0.1) is 6.61 Å². The van der Waals surface area contributed by atoms with Gasteiger partial charge in [0.25, 0.3) is 0 Å². The highest BCUT2D eigenvalue weighted by Gasteiger charge is 2.39. The van der Waals surface area contributed by atoms with Crippen LogP contribution in [0.4, 0.5) is 0 Å². The molecule has 1 fully saturated rings. The standard InChI is InChI=1S/C10H19NO4/c1-2-15-8-7-11-5-3-10(14,4-6-11)9(12)13/h14H,2-8H2,1H3,(H,12,13). The number of carbonyl (C=O) groups is 1. The lowest BCUT2D eigenvalue weighted by Gasteiger charge is -2.35. The number of aliphatic hydroxyl groups is 1. The zero-order chi connectivity index (χ0) is 11.3. The highest BCUT2D eigenvalue weighted by Crippen LogP contribution is 2.21. The fraction of sp³-hybridized carbons (Fsp3) is 0.900. The van der Waals surface area contributed by atoms with E-state index in [0.717, 1.165) is 6.54 Å². The summed E-state index contributed by atoms with van der Waals surface area (Å²) in [6.45, 7) is 5.36. The Balaban J connectivity index is 2.26. The Morgan fingerprint density at radius 1 is 1.47 bits per heavy atom. The third kappa shape index (κ3) is 3.44. The molecule has 0 aromatic carbocycles. The Hall–Kier alpha value is -0.650. The summed E-state index contributed by atoms with van der Waals surface area (Å²) in [6, 6.07) is 0. The fourth-order valence-electron chi connectivity index (χ4n) is 1.70. The second-order valence-corrected chi connectivity index (χ2v) is 3.88. The van der Waals surface area contributed by atoms with Crippen molar-refractivity contribution in [2.75, 3.05) is 32.8 Å². The topological polar surface area (TPSA) is 70.0 Å². The minimum Gasteiger partial charge on any atom is -0.479 e.